The van der Waals surface area contributed by atoms with Crippen LogP contribution in [-0.2, 0) is 4.74 Å². The Balaban J connectivity index is 2.30. The van der Waals surface area contributed by atoms with Gasteiger partial charge in [-0.2, -0.15) is 5.26 Å². The van der Waals surface area contributed by atoms with E-state index in [1.54, 1.807) is 7.11 Å². The van der Waals surface area contributed by atoms with E-state index in [9.17, 15) is 10.4 Å². The molecule has 4 unspecified atom stereocenters. The summed E-state index contributed by atoms with van der Waals surface area (Å²) >= 11 is 0. The average molecular weight is 265 g/mol. The third-order valence-corrected chi connectivity index (χ3v) is 5.56. The lowest BCUT2D eigenvalue weighted by Gasteiger charge is -2.52. The zero-order valence-corrected chi connectivity index (χ0v) is 12.3. The van der Waals surface area contributed by atoms with Gasteiger partial charge in [-0.15, -0.1) is 0 Å². The molecule has 2 aliphatic carbocycles. The molecule has 2 rings (SSSR count). The van der Waals surface area contributed by atoms with E-state index in [0.29, 0.717) is 5.92 Å². The summed E-state index contributed by atoms with van der Waals surface area (Å²) in [6.07, 6.45) is 8.58. The first-order chi connectivity index (χ1) is 9.12. The molecular formula is C16H27NO2. The molecule has 0 aromatic heterocycles. The summed E-state index contributed by atoms with van der Waals surface area (Å²) in [7, 11) is 1.67. The third-order valence-electron chi connectivity index (χ3n) is 5.56. The van der Waals surface area contributed by atoms with E-state index in [-0.39, 0.29) is 6.10 Å². The van der Waals surface area contributed by atoms with Gasteiger partial charge in [0.05, 0.1) is 17.6 Å². The lowest BCUT2D eigenvalue weighted by atomic mass is 9.56. The largest absolute Gasteiger partial charge is 0.386 e. The first-order valence-electron chi connectivity index (χ1n) is 7.78. The van der Waals surface area contributed by atoms with Gasteiger partial charge in [-0.3, -0.25) is 0 Å². The van der Waals surface area contributed by atoms with Crippen LogP contribution in [0.1, 0.15) is 64.7 Å². The summed E-state index contributed by atoms with van der Waals surface area (Å²) in [5, 5.41) is 21.1. The van der Waals surface area contributed by atoms with Crippen LogP contribution in [0, 0.1) is 22.7 Å². The highest BCUT2D eigenvalue weighted by Crippen LogP contribution is 2.53. The summed E-state index contributed by atoms with van der Waals surface area (Å²) < 4.78 is 5.55. The van der Waals surface area contributed by atoms with Gasteiger partial charge in [-0.1, -0.05) is 39.0 Å². The van der Waals surface area contributed by atoms with Gasteiger partial charge >= 0.3 is 0 Å². The van der Waals surface area contributed by atoms with Gasteiger partial charge in [0.25, 0.3) is 0 Å². The van der Waals surface area contributed by atoms with E-state index in [0.717, 1.165) is 51.4 Å². The number of hydrogen-bond donors (Lipinski definition) is 1. The van der Waals surface area contributed by atoms with Crippen molar-refractivity contribution in [2.24, 2.45) is 11.3 Å². The maximum atomic E-state index is 11.3. The Bertz CT molecular complexity index is 351. The van der Waals surface area contributed by atoms with Crippen LogP contribution in [0.3, 0.4) is 0 Å². The monoisotopic (exact) mass is 265 g/mol. The summed E-state index contributed by atoms with van der Waals surface area (Å²) in [5.74, 6) is 0.580. The van der Waals surface area contributed by atoms with Crippen molar-refractivity contribution in [3.05, 3.63) is 0 Å². The van der Waals surface area contributed by atoms with Gasteiger partial charge in [0.2, 0.25) is 0 Å². The van der Waals surface area contributed by atoms with Crippen LogP contribution in [-0.4, -0.2) is 23.9 Å². The third kappa shape index (κ3) is 2.41. The molecule has 0 spiro atoms. The predicted molar refractivity (Wildman–Crippen MR) is 74.5 cm³/mol. The molecule has 0 aliphatic heterocycles. The minimum atomic E-state index is -0.942. The summed E-state index contributed by atoms with van der Waals surface area (Å²) in [5.41, 5.74) is -1.53. The van der Waals surface area contributed by atoms with Gasteiger partial charge < -0.3 is 9.84 Å². The Kier molecular flexibility index (Phi) is 4.53. The van der Waals surface area contributed by atoms with Crippen molar-refractivity contribution in [2.45, 2.75) is 76.4 Å². The van der Waals surface area contributed by atoms with Crippen LogP contribution in [0.4, 0.5) is 0 Å². The second kappa shape index (κ2) is 5.81. The highest BCUT2D eigenvalue weighted by molar-refractivity contribution is 5.16. The molecule has 0 bridgehead atoms. The lowest BCUT2D eigenvalue weighted by Crippen LogP contribution is -2.59. The first-order valence-corrected chi connectivity index (χ1v) is 7.78. The fourth-order valence-corrected chi connectivity index (χ4v) is 4.31. The minimum Gasteiger partial charge on any atom is -0.386 e. The van der Waals surface area contributed by atoms with Gasteiger partial charge in [-0.05, 0) is 31.6 Å². The molecule has 2 fully saturated rings. The highest BCUT2D eigenvalue weighted by Gasteiger charge is 2.57. The molecule has 4 atom stereocenters. The molecule has 0 aromatic rings. The minimum absolute atomic E-state index is 0.170. The quantitative estimate of drug-likeness (QED) is 0.850. The van der Waals surface area contributed by atoms with Crippen molar-refractivity contribution in [3.8, 4) is 6.07 Å². The second-order valence-corrected chi connectivity index (χ2v) is 6.46. The maximum Gasteiger partial charge on any atom is 0.109 e. The Labute approximate surface area is 117 Å². The average Bonchev–Trinajstić information content (AvgIpc) is 2.47. The number of hydrogen-bond acceptors (Lipinski definition) is 3. The zero-order valence-electron chi connectivity index (χ0n) is 12.3. The van der Waals surface area contributed by atoms with E-state index in [2.05, 4.69) is 13.0 Å². The molecule has 19 heavy (non-hydrogen) atoms. The van der Waals surface area contributed by atoms with Crippen molar-refractivity contribution >= 4 is 0 Å². The van der Waals surface area contributed by atoms with E-state index < -0.39 is 11.0 Å². The van der Waals surface area contributed by atoms with Crippen LogP contribution >= 0.6 is 0 Å². The van der Waals surface area contributed by atoms with E-state index >= 15 is 0 Å². The lowest BCUT2D eigenvalue weighted by molar-refractivity contribution is -0.183. The number of methoxy groups -OCH3 is 1. The molecule has 3 nitrogen and oxygen atoms in total. The number of nitriles is 1. The second-order valence-electron chi connectivity index (χ2n) is 6.46. The fourth-order valence-electron chi connectivity index (χ4n) is 4.31. The molecule has 0 radical (unpaired) electrons. The Hall–Kier alpha value is -0.590. The molecule has 108 valence electrons. The molecular weight excluding hydrogens is 238 g/mol. The maximum absolute atomic E-state index is 11.3. The van der Waals surface area contributed by atoms with Crippen molar-refractivity contribution in [3.63, 3.8) is 0 Å². The molecule has 0 saturated heterocycles. The van der Waals surface area contributed by atoms with E-state index in [4.69, 9.17) is 4.74 Å². The van der Waals surface area contributed by atoms with Crippen molar-refractivity contribution in [1.82, 2.24) is 0 Å². The summed E-state index contributed by atoms with van der Waals surface area (Å²) in [4.78, 5) is 0. The SMILES string of the molecule is CCC1CCCC(C#N)(C2(O)CCCCC2OC)C1. The van der Waals surface area contributed by atoms with Gasteiger partial charge in [-0.25, -0.2) is 0 Å². The molecule has 2 saturated carbocycles. The topological polar surface area (TPSA) is 53.2 Å². The standard InChI is InChI=1S/C16H27NO2/c1-3-13-7-6-9-15(11-13,12-17)16(18)10-5-4-8-14(16)19-2/h13-14,18H,3-11H2,1-2H3. The van der Waals surface area contributed by atoms with Gasteiger partial charge in [0.1, 0.15) is 5.60 Å². The van der Waals surface area contributed by atoms with Crippen molar-refractivity contribution in [2.75, 3.05) is 7.11 Å². The number of rotatable bonds is 3. The number of aliphatic hydroxyl groups is 1. The van der Waals surface area contributed by atoms with Gasteiger partial charge in [0.15, 0.2) is 0 Å². The van der Waals surface area contributed by atoms with E-state index in [1.165, 1.54) is 6.42 Å². The Morgan fingerprint density at radius 2 is 2.05 bits per heavy atom. The molecule has 0 amide bonds. The highest BCUT2D eigenvalue weighted by atomic mass is 16.5. The Morgan fingerprint density at radius 3 is 2.68 bits per heavy atom. The Morgan fingerprint density at radius 1 is 1.26 bits per heavy atom. The van der Waals surface area contributed by atoms with Crippen molar-refractivity contribution < 1.29 is 9.84 Å². The van der Waals surface area contributed by atoms with Crippen LogP contribution in [0.5, 0.6) is 0 Å². The normalized spacial score (nSPS) is 43.7. The zero-order chi connectivity index (χ0) is 13.9. The smallest absolute Gasteiger partial charge is 0.109 e. The number of ether oxygens (including phenoxy) is 1. The summed E-state index contributed by atoms with van der Waals surface area (Å²) in [6.45, 7) is 2.19. The van der Waals surface area contributed by atoms with Crippen LogP contribution in [0.2, 0.25) is 0 Å². The van der Waals surface area contributed by atoms with Crippen LogP contribution in [0.15, 0.2) is 0 Å². The predicted octanol–water partition coefficient (Wildman–Crippen LogP) is 3.42. The van der Waals surface area contributed by atoms with Gasteiger partial charge in [0, 0.05) is 7.11 Å². The summed E-state index contributed by atoms with van der Waals surface area (Å²) in [6, 6.07) is 2.53. The molecule has 1 N–H and O–H groups in total. The molecule has 0 heterocycles. The number of nitrogens with zero attached hydrogens (tertiary/aromatic N) is 1. The van der Waals surface area contributed by atoms with Crippen LogP contribution in [0.25, 0.3) is 0 Å². The molecule has 3 heteroatoms. The fraction of sp³-hybridized carbons (Fsp3) is 0.938. The molecule has 0 aromatic carbocycles. The van der Waals surface area contributed by atoms with Crippen molar-refractivity contribution in [1.29, 1.82) is 5.26 Å². The van der Waals surface area contributed by atoms with Crippen LogP contribution < -0.4 is 0 Å². The molecule has 2 aliphatic rings. The van der Waals surface area contributed by atoms with E-state index in [1.807, 2.05) is 0 Å². The first kappa shape index (κ1) is 14.8.